The zero-order valence-corrected chi connectivity index (χ0v) is 15.8. The van der Waals surface area contributed by atoms with Gasteiger partial charge in [0.2, 0.25) is 0 Å². The predicted molar refractivity (Wildman–Crippen MR) is 108 cm³/mol. The molecule has 1 amide bonds. The third-order valence-electron chi connectivity index (χ3n) is 4.38. The predicted octanol–water partition coefficient (Wildman–Crippen LogP) is 3.99. The summed E-state index contributed by atoms with van der Waals surface area (Å²) in [6, 6.07) is 18.4. The van der Waals surface area contributed by atoms with Gasteiger partial charge in [-0.3, -0.25) is 9.20 Å². The maximum Gasteiger partial charge on any atom is 0.253 e. The molecule has 0 spiro atoms. The third kappa shape index (κ3) is 3.54. The van der Waals surface area contributed by atoms with Gasteiger partial charge in [0.25, 0.3) is 5.91 Å². The molecule has 2 aromatic heterocycles. The Balaban J connectivity index is 1.62. The van der Waals surface area contributed by atoms with Crippen LogP contribution in [0.4, 0.5) is 0 Å². The Bertz CT molecular complexity index is 1140. The molecule has 28 heavy (non-hydrogen) atoms. The lowest BCUT2D eigenvalue weighted by Gasteiger charge is -2.08. The van der Waals surface area contributed by atoms with Crippen molar-refractivity contribution in [3.05, 3.63) is 83.0 Å². The first-order valence-corrected chi connectivity index (χ1v) is 9.04. The van der Waals surface area contributed by atoms with Crippen molar-refractivity contribution >= 4 is 23.2 Å². The summed E-state index contributed by atoms with van der Waals surface area (Å²) in [6.07, 6.45) is 1.73. The van der Waals surface area contributed by atoms with E-state index >= 15 is 0 Å². The van der Waals surface area contributed by atoms with Crippen LogP contribution in [0.5, 0.6) is 5.75 Å². The summed E-state index contributed by atoms with van der Waals surface area (Å²) >= 11 is 5.89. The maximum atomic E-state index is 12.6. The highest BCUT2D eigenvalue weighted by Gasteiger charge is 2.14. The molecule has 4 rings (SSSR count). The van der Waals surface area contributed by atoms with Gasteiger partial charge in [-0.25, -0.2) is 0 Å². The fourth-order valence-corrected chi connectivity index (χ4v) is 3.05. The first kappa shape index (κ1) is 18.0. The second-order valence-electron chi connectivity index (χ2n) is 6.18. The van der Waals surface area contributed by atoms with Crippen molar-refractivity contribution in [2.45, 2.75) is 6.54 Å². The number of nitrogens with one attached hydrogen (secondary N) is 1. The van der Waals surface area contributed by atoms with E-state index in [-0.39, 0.29) is 5.91 Å². The van der Waals surface area contributed by atoms with Gasteiger partial charge in [0.1, 0.15) is 5.75 Å². The number of carbonyl (C=O) groups is 1. The number of pyridine rings is 1. The lowest BCUT2D eigenvalue weighted by atomic mass is 10.2. The van der Waals surface area contributed by atoms with Gasteiger partial charge in [0.05, 0.1) is 18.2 Å². The summed E-state index contributed by atoms with van der Waals surface area (Å²) in [5, 5.41) is 12.0. The van der Waals surface area contributed by atoms with E-state index in [2.05, 4.69) is 15.5 Å². The van der Waals surface area contributed by atoms with Crippen LogP contribution in [0.2, 0.25) is 5.02 Å². The van der Waals surface area contributed by atoms with Gasteiger partial charge in [0.15, 0.2) is 11.5 Å². The van der Waals surface area contributed by atoms with Crippen LogP contribution in [0, 0.1) is 0 Å². The van der Waals surface area contributed by atoms with Gasteiger partial charge in [-0.05, 0) is 42.0 Å². The fourth-order valence-electron chi connectivity index (χ4n) is 2.92. The standard InChI is InChI=1S/C21H17ClN4O2/c1-28-18-5-3-2-4-17(18)20-25-24-19-11-8-15(13-26(19)20)21(27)23-12-14-6-9-16(22)10-7-14/h2-11,13H,12H2,1H3,(H,23,27). The lowest BCUT2D eigenvalue weighted by molar-refractivity contribution is 0.0950. The number of ether oxygens (including phenoxy) is 1. The lowest BCUT2D eigenvalue weighted by Crippen LogP contribution is -2.23. The van der Waals surface area contributed by atoms with E-state index in [1.54, 1.807) is 42.0 Å². The highest BCUT2D eigenvalue weighted by Crippen LogP contribution is 2.28. The number of rotatable bonds is 5. The Morgan fingerprint density at radius 1 is 1.07 bits per heavy atom. The minimum absolute atomic E-state index is 0.184. The number of methoxy groups -OCH3 is 1. The van der Waals surface area contributed by atoms with E-state index in [1.807, 2.05) is 36.4 Å². The number of halogens is 1. The summed E-state index contributed by atoms with van der Waals surface area (Å²) < 4.78 is 7.21. The number of fused-ring (bicyclic) bond motifs is 1. The number of nitrogens with zero attached hydrogens (tertiary/aromatic N) is 3. The molecule has 0 aliphatic rings. The summed E-state index contributed by atoms with van der Waals surface area (Å²) in [5.74, 6) is 1.12. The zero-order chi connectivity index (χ0) is 19.5. The topological polar surface area (TPSA) is 68.5 Å². The Kier molecular flexibility index (Phi) is 4.95. The van der Waals surface area contributed by atoms with Crippen LogP contribution in [0.1, 0.15) is 15.9 Å². The molecule has 0 aliphatic heterocycles. The summed E-state index contributed by atoms with van der Waals surface area (Å²) in [6.45, 7) is 0.412. The van der Waals surface area contributed by atoms with Crippen molar-refractivity contribution in [2.24, 2.45) is 0 Å². The minimum atomic E-state index is -0.184. The fraction of sp³-hybridized carbons (Fsp3) is 0.0952. The van der Waals surface area contributed by atoms with Crippen molar-refractivity contribution in [1.29, 1.82) is 0 Å². The SMILES string of the molecule is COc1ccccc1-c1nnc2ccc(C(=O)NCc3ccc(Cl)cc3)cn12. The van der Waals surface area contributed by atoms with Crippen LogP contribution in [0.15, 0.2) is 66.9 Å². The molecule has 0 atom stereocenters. The second kappa shape index (κ2) is 7.70. The first-order chi connectivity index (χ1) is 13.7. The number of hydrogen-bond donors (Lipinski definition) is 1. The summed E-state index contributed by atoms with van der Waals surface area (Å²) in [4.78, 5) is 12.6. The normalized spacial score (nSPS) is 10.8. The molecule has 140 valence electrons. The van der Waals surface area contributed by atoms with Crippen molar-refractivity contribution in [3.8, 4) is 17.1 Å². The number of carbonyl (C=O) groups excluding carboxylic acids is 1. The molecule has 0 bridgehead atoms. The molecule has 0 unspecified atom stereocenters. The zero-order valence-electron chi connectivity index (χ0n) is 15.1. The highest BCUT2D eigenvalue weighted by molar-refractivity contribution is 6.30. The molecule has 7 heteroatoms. The van der Waals surface area contributed by atoms with Gasteiger partial charge >= 0.3 is 0 Å². The van der Waals surface area contributed by atoms with E-state index in [0.717, 1.165) is 11.1 Å². The molecule has 2 heterocycles. The molecule has 2 aromatic carbocycles. The van der Waals surface area contributed by atoms with E-state index < -0.39 is 0 Å². The van der Waals surface area contributed by atoms with Crippen molar-refractivity contribution in [1.82, 2.24) is 19.9 Å². The molecule has 0 radical (unpaired) electrons. The summed E-state index contributed by atoms with van der Waals surface area (Å²) in [7, 11) is 1.61. The van der Waals surface area contributed by atoms with Crippen LogP contribution >= 0.6 is 11.6 Å². The number of hydrogen-bond acceptors (Lipinski definition) is 4. The number of amides is 1. The maximum absolute atomic E-state index is 12.6. The molecule has 0 fully saturated rings. The molecule has 0 saturated carbocycles. The number of aromatic nitrogens is 3. The van der Waals surface area contributed by atoms with E-state index in [4.69, 9.17) is 16.3 Å². The van der Waals surface area contributed by atoms with Gasteiger partial charge < -0.3 is 10.1 Å². The Morgan fingerprint density at radius 3 is 2.64 bits per heavy atom. The smallest absolute Gasteiger partial charge is 0.253 e. The van der Waals surface area contributed by atoms with Gasteiger partial charge in [-0.1, -0.05) is 35.9 Å². The Morgan fingerprint density at radius 2 is 1.86 bits per heavy atom. The molecular weight excluding hydrogens is 376 g/mol. The van der Waals surface area contributed by atoms with Crippen LogP contribution in [0.3, 0.4) is 0 Å². The molecule has 6 nitrogen and oxygen atoms in total. The minimum Gasteiger partial charge on any atom is -0.496 e. The molecule has 1 N–H and O–H groups in total. The average Bonchev–Trinajstić information content (AvgIpc) is 3.16. The van der Waals surface area contributed by atoms with Crippen LogP contribution in [0.25, 0.3) is 17.0 Å². The van der Waals surface area contributed by atoms with Crippen LogP contribution in [-0.2, 0) is 6.54 Å². The van der Waals surface area contributed by atoms with Crippen molar-refractivity contribution in [2.75, 3.05) is 7.11 Å². The average molecular weight is 393 g/mol. The summed E-state index contributed by atoms with van der Waals surface area (Å²) in [5.41, 5.74) is 2.93. The molecule has 0 aliphatic carbocycles. The van der Waals surface area contributed by atoms with E-state index in [1.165, 1.54) is 0 Å². The monoisotopic (exact) mass is 392 g/mol. The number of benzene rings is 2. The molecule has 0 saturated heterocycles. The first-order valence-electron chi connectivity index (χ1n) is 8.66. The Hall–Kier alpha value is -3.38. The third-order valence-corrected chi connectivity index (χ3v) is 4.63. The second-order valence-corrected chi connectivity index (χ2v) is 6.62. The molecular formula is C21H17ClN4O2. The molecule has 4 aromatic rings. The quantitative estimate of drug-likeness (QED) is 0.557. The number of para-hydroxylation sites is 1. The Labute approximate surface area is 166 Å². The van der Waals surface area contributed by atoms with E-state index in [9.17, 15) is 4.79 Å². The largest absolute Gasteiger partial charge is 0.496 e. The highest BCUT2D eigenvalue weighted by atomic mass is 35.5. The van der Waals surface area contributed by atoms with Gasteiger partial charge in [-0.15, -0.1) is 10.2 Å². The van der Waals surface area contributed by atoms with Crippen molar-refractivity contribution < 1.29 is 9.53 Å². The van der Waals surface area contributed by atoms with Crippen molar-refractivity contribution in [3.63, 3.8) is 0 Å². The van der Waals surface area contributed by atoms with Gasteiger partial charge in [-0.2, -0.15) is 0 Å². The van der Waals surface area contributed by atoms with E-state index in [0.29, 0.717) is 34.4 Å². The van der Waals surface area contributed by atoms with Crippen LogP contribution in [-0.4, -0.2) is 27.6 Å². The van der Waals surface area contributed by atoms with Gasteiger partial charge in [0, 0.05) is 17.8 Å². The van der Waals surface area contributed by atoms with Crippen LogP contribution < -0.4 is 10.1 Å².